The number of phenols is 1. The number of para-hydroxylation sites is 1. The molecule has 0 saturated carbocycles. The van der Waals surface area contributed by atoms with Crippen molar-refractivity contribution in [2.75, 3.05) is 18.5 Å². The highest BCUT2D eigenvalue weighted by Crippen LogP contribution is 2.29. The van der Waals surface area contributed by atoms with Gasteiger partial charge in [-0.25, -0.2) is 4.79 Å². The van der Waals surface area contributed by atoms with Gasteiger partial charge >= 0.3 is 6.09 Å². The number of aryl methyl sites for hydroxylation is 2. The predicted molar refractivity (Wildman–Crippen MR) is 147 cm³/mol. The zero-order valence-electron chi connectivity index (χ0n) is 23.4. The molecule has 2 aromatic rings. The summed E-state index contributed by atoms with van der Waals surface area (Å²) >= 11 is 0. The summed E-state index contributed by atoms with van der Waals surface area (Å²) < 4.78 is 5.38. The number of anilines is 1. The molecule has 0 fully saturated rings. The lowest BCUT2D eigenvalue weighted by atomic mass is 9.98. The summed E-state index contributed by atoms with van der Waals surface area (Å²) in [6.07, 6.45) is -0.456. The van der Waals surface area contributed by atoms with Gasteiger partial charge in [-0.3, -0.25) is 9.59 Å². The normalized spacial score (nSPS) is 13.0. The van der Waals surface area contributed by atoms with Crippen molar-refractivity contribution in [3.63, 3.8) is 0 Å². The minimum absolute atomic E-state index is 0.0324. The van der Waals surface area contributed by atoms with Crippen molar-refractivity contribution in [1.29, 1.82) is 0 Å². The second kappa shape index (κ2) is 13.3. The third kappa shape index (κ3) is 8.76. The Kier molecular flexibility index (Phi) is 10.7. The van der Waals surface area contributed by atoms with E-state index in [4.69, 9.17) is 4.74 Å². The van der Waals surface area contributed by atoms with E-state index in [2.05, 4.69) is 10.6 Å². The second-order valence-corrected chi connectivity index (χ2v) is 10.8. The van der Waals surface area contributed by atoms with Crippen LogP contribution in [-0.4, -0.2) is 57.8 Å². The maximum absolute atomic E-state index is 14.0. The number of aliphatic hydroxyl groups excluding tert-OH is 1. The fourth-order valence-corrected chi connectivity index (χ4v) is 4.05. The monoisotopic (exact) mass is 527 g/mol. The fraction of sp³-hybridized carbons (Fsp3) is 0.483. The van der Waals surface area contributed by atoms with Crippen molar-refractivity contribution < 1.29 is 29.3 Å². The number of ether oxygens (including phenoxy) is 1. The Morgan fingerprint density at radius 1 is 1.03 bits per heavy atom. The molecule has 0 aromatic heterocycles. The van der Waals surface area contributed by atoms with Crippen molar-refractivity contribution >= 4 is 23.6 Å². The van der Waals surface area contributed by atoms with Gasteiger partial charge in [-0.15, -0.1) is 0 Å². The molecule has 0 bridgehead atoms. The molecule has 0 aliphatic heterocycles. The van der Waals surface area contributed by atoms with Crippen LogP contribution in [-0.2, 0) is 14.3 Å². The van der Waals surface area contributed by atoms with Crippen molar-refractivity contribution in [2.24, 2.45) is 5.92 Å². The molecule has 208 valence electrons. The molecule has 0 spiro atoms. The smallest absolute Gasteiger partial charge is 0.408 e. The van der Waals surface area contributed by atoms with Crippen molar-refractivity contribution in [3.8, 4) is 5.75 Å². The number of aromatic hydroxyl groups is 1. The number of hydrogen-bond acceptors (Lipinski definition) is 6. The topological polar surface area (TPSA) is 128 Å². The minimum atomic E-state index is -1.15. The number of nitrogens with zero attached hydrogens (tertiary/aromatic N) is 1. The van der Waals surface area contributed by atoms with E-state index in [0.29, 0.717) is 23.2 Å². The SMILES string of the molecule is Cc1cc(C(C(=O)Nc2ccccc2C)N(CCO)C(=O)C(CC(C)C)NC(=O)OC(C)(C)C)ccc1O. The van der Waals surface area contributed by atoms with E-state index in [1.807, 2.05) is 32.9 Å². The predicted octanol–water partition coefficient (Wildman–Crippen LogP) is 4.45. The lowest BCUT2D eigenvalue weighted by Gasteiger charge is -2.34. The second-order valence-electron chi connectivity index (χ2n) is 10.8. The highest BCUT2D eigenvalue weighted by molar-refractivity contribution is 5.99. The fourth-order valence-electron chi connectivity index (χ4n) is 4.05. The molecule has 2 rings (SSSR count). The Labute approximate surface area is 225 Å². The lowest BCUT2D eigenvalue weighted by Crippen LogP contribution is -2.53. The number of carbonyl (C=O) groups is 3. The molecule has 0 heterocycles. The molecule has 9 heteroatoms. The molecule has 2 unspecified atom stereocenters. The van der Waals surface area contributed by atoms with Gasteiger partial charge in [0.2, 0.25) is 5.91 Å². The quantitative estimate of drug-likeness (QED) is 0.361. The van der Waals surface area contributed by atoms with Gasteiger partial charge in [0.15, 0.2) is 0 Å². The largest absolute Gasteiger partial charge is 0.508 e. The van der Waals surface area contributed by atoms with Crippen LogP contribution in [0.5, 0.6) is 5.75 Å². The molecule has 0 aliphatic carbocycles. The van der Waals surface area contributed by atoms with Crippen LogP contribution in [0.2, 0.25) is 0 Å². The van der Waals surface area contributed by atoms with Gasteiger partial charge in [-0.2, -0.15) is 0 Å². The average molecular weight is 528 g/mol. The van der Waals surface area contributed by atoms with Crippen LogP contribution >= 0.6 is 0 Å². The molecular weight excluding hydrogens is 486 g/mol. The van der Waals surface area contributed by atoms with Crippen molar-refractivity contribution in [1.82, 2.24) is 10.2 Å². The lowest BCUT2D eigenvalue weighted by molar-refractivity contribution is -0.141. The van der Waals surface area contributed by atoms with E-state index in [0.717, 1.165) is 5.56 Å². The number of alkyl carbamates (subject to hydrolysis) is 1. The summed E-state index contributed by atoms with van der Waals surface area (Å²) in [5.41, 5.74) is 1.64. The van der Waals surface area contributed by atoms with Gasteiger partial charge in [-0.1, -0.05) is 38.1 Å². The van der Waals surface area contributed by atoms with E-state index >= 15 is 0 Å². The number of benzene rings is 2. The van der Waals surface area contributed by atoms with Gasteiger partial charge in [0.1, 0.15) is 23.4 Å². The number of aliphatic hydroxyl groups is 1. The first kappa shape index (κ1) is 30.6. The van der Waals surface area contributed by atoms with Gasteiger partial charge in [-0.05, 0) is 81.8 Å². The molecule has 3 amide bonds. The number of hydrogen-bond donors (Lipinski definition) is 4. The summed E-state index contributed by atoms with van der Waals surface area (Å²) in [6, 6.07) is 9.78. The molecule has 38 heavy (non-hydrogen) atoms. The third-order valence-electron chi connectivity index (χ3n) is 5.82. The summed E-state index contributed by atoms with van der Waals surface area (Å²) in [6.45, 7) is 12.0. The first-order chi connectivity index (χ1) is 17.7. The minimum Gasteiger partial charge on any atom is -0.508 e. The van der Waals surface area contributed by atoms with E-state index < -0.39 is 42.2 Å². The number of rotatable bonds is 10. The van der Waals surface area contributed by atoms with Crippen LogP contribution in [0.1, 0.15) is 63.8 Å². The number of nitrogens with one attached hydrogen (secondary N) is 2. The van der Waals surface area contributed by atoms with Crippen LogP contribution in [0, 0.1) is 19.8 Å². The molecule has 2 aromatic carbocycles. The van der Waals surface area contributed by atoms with Gasteiger partial charge in [0.25, 0.3) is 5.91 Å². The molecular formula is C29H41N3O6. The first-order valence-corrected chi connectivity index (χ1v) is 12.8. The zero-order valence-corrected chi connectivity index (χ0v) is 23.4. The third-order valence-corrected chi connectivity index (χ3v) is 5.82. The van der Waals surface area contributed by atoms with Gasteiger partial charge < -0.3 is 30.5 Å². The standard InChI is InChI=1S/C29H41N3O6/c1-18(2)16-23(31-28(37)38-29(5,6)7)27(36)32(14-15-33)25(21-12-13-24(34)20(4)17-21)26(35)30-22-11-9-8-10-19(22)3/h8-13,17-18,23,25,33-34H,14-16H2,1-7H3,(H,30,35)(H,31,37). The van der Waals surface area contributed by atoms with E-state index in [1.54, 1.807) is 52.0 Å². The van der Waals surface area contributed by atoms with Crippen LogP contribution in [0.4, 0.5) is 10.5 Å². The van der Waals surface area contributed by atoms with E-state index in [-0.39, 0.29) is 18.2 Å². The van der Waals surface area contributed by atoms with Crippen LogP contribution in [0.15, 0.2) is 42.5 Å². The Balaban J connectivity index is 2.54. The summed E-state index contributed by atoms with van der Waals surface area (Å²) in [5.74, 6) is -0.942. The van der Waals surface area contributed by atoms with E-state index in [9.17, 15) is 24.6 Å². The van der Waals surface area contributed by atoms with Gasteiger partial charge in [0, 0.05) is 12.2 Å². The molecule has 4 N–H and O–H groups in total. The van der Waals surface area contributed by atoms with Crippen molar-refractivity contribution in [3.05, 3.63) is 59.2 Å². The number of amides is 3. The van der Waals surface area contributed by atoms with Crippen molar-refractivity contribution in [2.45, 2.75) is 72.6 Å². The Bertz CT molecular complexity index is 1130. The Hall–Kier alpha value is -3.59. The summed E-state index contributed by atoms with van der Waals surface area (Å²) in [7, 11) is 0. The Morgan fingerprint density at radius 3 is 2.24 bits per heavy atom. The van der Waals surface area contributed by atoms with Gasteiger partial charge in [0.05, 0.1) is 6.61 Å². The highest BCUT2D eigenvalue weighted by atomic mass is 16.6. The van der Waals surface area contributed by atoms with E-state index in [1.165, 1.54) is 11.0 Å². The molecule has 2 atom stereocenters. The number of carbonyl (C=O) groups excluding carboxylic acids is 3. The first-order valence-electron chi connectivity index (χ1n) is 12.8. The summed E-state index contributed by atoms with van der Waals surface area (Å²) in [4.78, 5) is 41.6. The molecule has 0 saturated heterocycles. The van der Waals surface area contributed by atoms with Crippen LogP contribution in [0.25, 0.3) is 0 Å². The number of phenolic OH excluding ortho intramolecular Hbond substituents is 1. The van der Waals surface area contributed by atoms with Crippen LogP contribution < -0.4 is 10.6 Å². The zero-order chi connectivity index (χ0) is 28.6. The maximum Gasteiger partial charge on any atom is 0.408 e. The Morgan fingerprint density at radius 2 is 1.68 bits per heavy atom. The highest BCUT2D eigenvalue weighted by Gasteiger charge is 2.36. The maximum atomic E-state index is 14.0. The average Bonchev–Trinajstić information content (AvgIpc) is 2.80. The molecule has 9 nitrogen and oxygen atoms in total. The molecule has 0 aliphatic rings. The molecule has 0 radical (unpaired) electrons. The van der Waals surface area contributed by atoms with Crippen LogP contribution in [0.3, 0.4) is 0 Å². The summed E-state index contributed by atoms with van der Waals surface area (Å²) in [5, 5.41) is 25.6.